The van der Waals surface area contributed by atoms with Gasteiger partial charge < -0.3 is 0 Å². The van der Waals surface area contributed by atoms with E-state index in [-0.39, 0.29) is 27.0 Å². The molecule has 0 aliphatic heterocycles. The van der Waals surface area contributed by atoms with E-state index in [4.69, 9.17) is 5.14 Å². The van der Waals surface area contributed by atoms with Crippen LogP contribution in [0, 0.1) is 12.7 Å². The summed E-state index contributed by atoms with van der Waals surface area (Å²) in [7, 11) is -2.45. The number of nitrogens with zero attached hydrogens (tertiary/aromatic N) is 2. The van der Waals surface area contributed by atoms with E-state index < -0.39 is 21.7 Å². The third-order valence-corrected chi connectivity index (χ3v) is 6.95. The fourth-order valence-corrected chi connectivity index (χ4v) is 4.59. The minimum Gasteiger partial charge on any atom is -0.291 e. The van der Waals surface area contributed by atoms with Crippen LogP contribution < -0.4 is 10.0 Å². The highest BCUT2D eigenvalue weighted by molar-refractivity contribution is 7.91. The minimum absolute atomic E-state index is 0.0967. The maximum Gasteiger partial charge on any atom is 0.249 e. The van der Waals surface area contributed by atoms with Gasteiger partial charge in [0.2, 0.25) is 15.9 Å². The molecule has 1 aromatic heterocycles. The van der Waals surface area contributed by atoms with Crippen LogP contribution in [0.3, 0.4) is 0 Å². The predicted molar refractivity (Wildman–Crippen MR) is 107 cm³/mol. The largest absolute Gasteiger partial charge is 0.291 e. The molecule has 1 amide bonds. The molecule has 0 saturated carbocycles. The van der Waals surface area contributed by atoms with E-state index in [1.54, 1.807) is 12.1 Å². The molecule has 0 radical (unpaired) electrons. The summed E-state index contributed by atoms with van der Waals surface area (Å²) in [4.78, 5) is 17.8. The van der Waals surface area contributed by atoms with Gasteiger partial charge in [-0.15, -0.1) is 0 Å². The van der Waals surface area contributed by atoms with Gasteiger partial charge in [-0.1, -0.05) is 53.8 Å². The number of carbonyl (C=O) groups is 1. The molecule has 0 unspecified atom stereocenters. The molecular formula is C19H18FN3O3S2. The number of thiazole rings is 1. The van der Waals surface area contributed by atoms with Crippen molar-refractivity contribution in [3.63, 3.8) is 0 Å². The molecule has 3 rings (SSSR count). The highest BCUT2D eigenvalue weighted by atomic mass is 32.2. The zero-order valence-corrected chi connectivity index (χ0v) is 16.8. The number of halogens is 1. The second kappa shape index (κ2) is 7.78. The molecule has 2 N–H and O–H groups in total. The van der Waals surface area contributed by atoms with Crippen molar-refractivity contribution < 1.29 is 17.6 Å². The van der Waals surface area contributed by atoms with Crippen LogP contribution in [0.1, 0.15) is 11.3 Å². The fraction of sp³-hybridized carbons (Fsp3) is 0.158. The zero-order valence-electron chi connectivity index (χ0n) is 15.2. The van der Waals surface area contributed by atoms with Crippen LogP contribution in [0.25, 0.3) is 11.1 Å². The smallest absolute Gasteiger partial charge is 0.249 e. The Morgan fingerprint density at radius 1 is 1.18 bits per heavy atom. The third-order valence-electron chi connectivity index (χ3n) is 4.16. The summed E-state index contributed by atoms with van der Waals surface area (Å²) in [6, 6.07) is 14.1. The lowest BCUT2D eigenvalue weighted by atomic mass is 10.0. The number of carbonyl (C=O) groups excluding carboxylic acids is 1. The molecule has 0 spiro atoms. The number of nitrogens with two attached hydrogens (primary N) is 1. The van der Waals surface area contributed by atoms with Crippen LogP contribution in [0.4, 0.5) is 9.52 Å². The molecule has 9 heteroatoms. The maximum atomic E-state index is 14.5. The van der Waals surface area contributed by atoms with Crippen molar-refractivity contribution in [2.75, 3.05) is 11.9 Å². The van der Waals surface area contributed by atoms with E-state index in [1.807, 2.05) is 30.3 Å². The Bertz CT molecular complexity index is 1130. The number of rotatable bonds is 5. The average Bonchev–Trinajstić information content (AvgIpc) is 3.05. The van der Waals surface area contributed by atoms with Crippen molar-refractivity contribution in [2.24, 2.45) is 5.14 Å². The zero-order chi connectivity index (χ0) is 20.5. The lowest BCUT2D eigenvalue weighted by Crippen LogP contribution is -2.28. The Kier molecular flexibility index (Phi) is 5.59. The minimum atomic E-state index is -3.91. The number of aryl methyl sites for hydroxylation is 1. The Labute approximate surface area is 166 Å². The van der Waals surface area contributed by atoms with E-state index in [1.165, 1.54) is 24.9 Å². The lowest BCUT2D eigenvalue weighted by Gasteiger charge is -2.14. The van der Waals surface area contributed by atoms with Gasteiger partial charge in [-0.05, 0) is 29.7 Å². The van der Waals surface area contributed by atoms with Gasteiger partial charge in [0, 0.05) is 7.05 Å². The number of benzene rings is 2. The van der Waals surface area contributed by atoms with Crippen LogP contribution in [-0.4, -0.2) is 26.4 Å². The van der Waals surface area contributed by atoms with Crippen LogP contribution >= 0.6 is 11.3 Å². The summed E-state index contributed by atoms with van der Waals surface area (Å²) < 4.78 is 37.5. The molecule has 3 aromatic rings. The van der Waals surface area contributed by atoms with Crippen LogP contribution in [0.2, 0.25) is 0 Å². The Morgan fingerprint density at radius 2 is 1.86 bits per heavy atom. The van der Waals surface area contributed by atoms with Gasteiger partial charge in [-0.2, -0.15) is 0 Å². The van der Waals surface area contributed by atoms with Crippen molar-refractivity contribution in [3.8, 4) is 11.1 Å². The van der Waals surface area contributed by atoms with E-state index in [0.717, 1.165) is 22.5 Å². The number of primary sulfonamides is 1. The van der Waals surface area contributed by atoms with Crippen LogP contribution in [0.15, 0.2) is 52.7 Å². The van der Waals surface area contributed by atoms with E-state index in [0.29, 0.717) is 0 Å². The first kappa shape index (κ1) is 20.1. The molecule has 1 heterocycles. The molecule has 146 valence electrons. The summed E-state index contributed by atoms with van der Waals surface area (Å²) in [6.45, 7) is 1.50. The molecule has 28 heavy (non-hydrogen) atoms. The molecule has 0 saturated heterocycles. The van der Waals surface area contributed by atoms with Crippen molar-refractivity contribution in [2.45, 2.75) is 17.6 Å². The van der Waals surface area contributed by atoms with Gasteiger partial charge in [-0.25, -0.2) is 22.9 Å². The van der Waals surface area contributed by atoms with Gasteiger partial charge in [0.1, 0.15) is 5.82 Å². The Balaban J connectivity index is 1.79. The van der Waals surface area contributed by atoms with Gasteiger partial charge in [-0.3, -0.25) is 9.69 Å². The average molecular weight is 420 g/mol. The first-order valence-electron chi connectivity index (χ1n) is 8.27. The van der Waals surface area contributed by atoms with E-state index >= 15 is 0 Å². The molecule has 0 aliphatic rings. The Morgan fingerprint density at radius 3 is 2.43 bits per heavy atom. The van der Waals surface area contributed by atoms with Crippen molar-refractivity contribution in [1.82, 2.24) is 4.98 Å². The van der Waals surface area contributed by atoms with Crippen molar-refractivity contribution >= 4 is 32.4 Å². The fourth-order valence-electron chi connectivity index (χ4n) is 2.67. The molecular weight excluding hydrogens is 401 g/mol. The molecule has 0 bridgehead atoms. The number of anilines is 1. The van der Waals surface area contributed by atoms with Gasteiger partial charge >= 0.3 is 0 Å². The number of aromatic nitrogens is 1. The van der Waals surface area contributed by atoms with Crippen molar-refractivity contribution in [3.05, 3.63) is 65.6 Å². The standard InChI is InChI=1S/C19H18FN3O3S2/c1-12-18(28(21,25)26)27-19(22-12)23(2)17(24)11-15-9-8-14(10-16(15)20)13-6-4-3-5-7-13/h3-10H,11H2,1-2H3,(H2,21,25,26). The summed E-state index contributed by atoms with van der Waals surface area (Å²) in [5.41, 5.74) is 2.07. The first-order valence-corrected chi connectivity index (χ1v) is 10.6. The molecule has 0 aliphatic carbocycles. The predicted octanol–water partition coefficient (Wildman–Crippen LogP) is 3.11. The van der Waals surface area contributed by atoms with Crippen molar-refractivity contribution in [1.29, 1.82) is 0 Å². The quantitative estimate of drug-likeness (QED) is 0.688. The second-order valence-corrected chi connectivity index (χ2v) is 8.95. The highest BCUT2D eigenvalue weighted by Crippen LogP contribution is 2.29. The molecule has 6 nitrogen and oxygen atoms in total. The molecule has 0 atom stereocenters. The topological polar surface area (TPSA) is 93.4 Å². The van der Waals surface area contributed by atoms with Gasteiger partial charge in [0.05, 0.1) is 12.1 Å². The number of amides is 1. The van der Waals surface area contributed by atoms with Crippen LogP contribution in [-0.2, 0) is 21.2 Å². The summed E-state index contributed by atoms with van der Waals surface area (Å²) in [5, 5.41) is 5.33. The van der Waals surface area contributed by atoms with E-state index in [9.17, 15) is 17.6 Å². The molecule has 2 aromatic carbocycles. The van der Waals surface area contributed by atoms with Gasteiger partial charge in [0.15, 0.2) is 9.34 Å². The number of hydrogen-bond donors (Lipinski definition) is 1. The first-order chi connectivity index (χ1) is 13.2. The summed E-state index contributed by atoms with van der Waals surface area (Å²) >= 11 is 0.805. The van der Waals surface area contributed by atoms with E-state index in [2.05, 4.69) is 4.98 Å². The van der Waals surface area contributed by atoms with Gasteiger partial charge in [0.25, 0.3) is 0 Å². The molecule has 0 fully saturated rings. The summed E-state index contributed by atoms with van der Waals surface area (Å²) in [6.07, 6.45) is -0.180. The SMILES string of the molecule is Cc1nc(N(C)C(=O)Cc2ccc(-c3ccccc3)cc2F)sc1S(N)(=O)=O. The number of sulfonamides is 1. The maximum absolute atomic E-state index is 14.5. The Hall–Kier alpha value is -2.62. The normalized spacial score (nSPS) is 11.4. The monoisotopic (exact) mass is 419 g/mol. The number of likely N-dealkylation sites (N-methyl/N-ethyl adjacent to an activating group) is 1. The lowest BCUT2D eigenvalue weighted by molar-refractivity contribution is -0.117. The summed E-state index contributed by atoms with van der Waals surface area (Å²) in [5.74, 6) is -0.898. The third kappa shape index (κ3) is 4.27. The van der Waals surface area contributed by atoms with Crippen LogP contribution in [0.5, 0.6) is 0 Å². The second-order valence-electron chi connectivity index (χ2n) is 6.22. The number of hydrogen-bond acceptors (Lipinski definition) is 5. The highest BCUT2D eigenvalue weighted by Gasteiger charge is 2.23.